The fourth-order valence-electron chi connectivity index (χ4n) is 5.53. The number of benzene rings is 2. The SMILES string of the molecule is Cc1ccc2c3c(ccc2n1)OC[C@H](CN(C)[C@@H]1CC[C@H](c2c[nH]c4ccc(F)cc24)C1)O3. The van der Waals surface area contributed by atoms with Crippen LogP contribution in [-0.2, 0) is 0 Å². The van der Waals surface area contributed by atoms with Gasteiger partial charge in [-0.15, -0.1) is 0 Å². The number of nitrogens with zero attached hydrogens (tertiary/aromatic N) is 2. The molecule has 0 saturated heterocycles. The van der Waals surface area contributed by atoms with Crippen molar-refractivity contribution in [2.45, 2.75) is 44.2 Å². The molecule has 33 heavy (non-hydrogen) atoms. The van der Waals surface area contributed by atoms with Crippen LogP contribution in [0, 0.1) is 12.7 Å². The summed E-state index contributed by atoms with van der Waals surface area (Å²) < 4.78 is 26.3. The molecule has 1 saturated carbocycles. The Morgan fingerprint density at radius 2 is 2.03 bits per heavy atom. The zero-order valence-corrected chi connectivity index (χ0v) is 19.0. The summed E-state index contributed by atoms with van der Waals surface area (Å²) in [7, 11) is 2.18. The van der Waals surface area contributed by atoms with Crippen molar-refractivity contribution in [3.05, 3.63) is 65.7 Å². The van der Waals surface area contributed by atoms with Gasteiger partial charge in [0.15, 0.2) is 11.5 Å². The van der Waals surface area contributed by atoms with Crippen molar-refractivity contribution >= 4 is 21.8 Å². The van der Waals surface area contributed by atoms with Gasteiger partial charge in [0.25, 0.3) is 0 Å². The summed E-state index contributed by atoms with van der Waals surface area (Å²) in [5.74, 6) is 1.85. The molecule has 1 fully saturated rings. The summed E-state index contributed by atoms with van der Waals surface area (Å²) in [6.07, 6.45) is 5.33. The van der Waals surface area contributed by atoms with Crippen LogP contribution in [0.2, 0.25) is 0 Å². The third-order valence-corrected chi connectivity index (χ3v) is 7.27. The van der Waals surface area contributed by atoms with E-state index in [4.69, 9.17) is 9.47 Å². The van der Waals surface area contributed by atoms with E-state index in [0.29, 0.717) is 18.6 Å². The van der Waals surface area contributed by atoms with Gasteiger partial charge in [0.05, 0.1) is 5.52 Å². The minimum Gasteiger partial charge on any atom is -0.486 e. The summed E-state index contributed by atoms with van der Waals surface area (Å²) >= 11 is 0. The Kier molecular flexibility index (Phi) is 4.98. The first kappa shape index (κ1) is 20.5. The molecule has 1 aliphatic carbocycles. The zero-order valence-electron chi connectivity index (χ0n) is 19.0. The van der Waals surface area contributed by atoms with Crippen molar-refractivity contribution in [3.8, 4) is 11.5 Å². The van der Waals surface area contributed by atoms with Crippen LogP contribution in [0.5, 0.6) is 11.5 Å². The van der Waals surface area contributed by atoms with E-state index in [2.05, 4.69) is 34.2 Å². The van der Waals surface area contributed by atoms with Gasteiger partial charge in [-0.25, -0.2) is 4.39 Å². The minimum absolute atomic E-state index is 0.0318. The van der Waals surface area contributed by atoms with Crippen LogP contribution in [0.3, 0.4) is 0 Å². The lowest BCUT2D eigenvalue weighted by Crippen LogP contribution is -2.42. The summed E-state index contributed by atoms with van der Waals surface area (Å²) in [5.41, 5.74) is 4.16. The van der Waals surface area contributed by atoms with Crippen molar-refractivity contribution in [2.75, 3.05) is 20.2 Å². The highest BCUT2D eigenvalue weighted by Crippen LogP contribution is 2.41. The number of hydrogen-bond donors (Lipinski definition) is 1. The number of fused-ring (bicyclic) bond motifs is 4. The van der Waals surface area contributed by atoms with Crippen molar-refractivity contribution in [1.29, 1.82) is 0 Å². The number of nitrogens with one attached hydrogen (secondary N) is 1. The molecule has 0 unspecified atom stereocenters. The lowest BCUT2D eigenvalue weighted by molar-refractivity contribution is 0.0564. The molecule has 0 bridgehead atoms. The van der Waals surface area contributed by atoms with Gasteiger partial charge >= 0.3 is 0 Å². The molecule has 3 heterocycles. The molecule has 5 nitrogen and oxygen atoms in total. The highest BCUT2D eigenvalue weighted by molar-refractivity contribution is 5.88. The first-order valence-electron chi connectivity index (χ1n) is 11.7. The van der Waals surface area contributed by atoms with E-state index in [0.717, 1.165) is 64.8 Å². The number of pyridine rings is 1. The van der Waals surface area contributed by atoms with Crippen LogP contribution >= 0.6 is 0 Å². The third kappa shape index (κ3) is 3.72. The molecule has 170 valence electrons. The number of aromatic amines is 1. The number of aromatic nitrogens is 2. The van der Waals surface area contributed by atoms with Crippen molar-refractivity contribution < 1.29 is 13.9 Å². The van der Waals surface area contributed by atoms with Gasteiger partial charge in [-0.05, 0) is 87.2 Å². The number of likely N-dealkylation sites (N-methyl/N-ethyl adjacent to an activating group) is 1. The normalized spacial score (nSPS) is 22.5. The second-order valence-corrected chi connectivity index (χ2v) is 9.50. The average molecular weight is 446 g/mol. The topological polar surface area (TPSA) is 50.4 Å². The quantitative estimate of drug-likeness (QED) is 0.446. The van der Waals surface area contributed by atoms with Crippen LogP contribution < -0.4 is 9.47 Å². The minimum atomic E-state index is -0.178. The molecule has 2 aliphatic rings. The van der Waals surface area contributed by atoms with E-state index in [1.165, 1.54) is 11.6 Å². The molecule has 0 spiro atoms. The largest absolute Gasteiger partial charge is 0.486 e. The average Bonchev–Trinajstić information content (AvgIpc) is 3.45. The molecule has 4 aromatic rings. The van der Waals surface area contributed by atoms with Gasteiger partial charge < -0.3 is 14.5 Å². The van der Waals surface area contributed by atoms with Crippen LogP contribution in [0.15, 0.2) is 48.7 Å². The Hall–Kier alpha value is -3.12. The lowest BCUT2D eigenvalue weighted by Gasteiger charge is -2.32. The van der Waals surface area contributed by atoms with Crippen molar-refractivity contribution in [3.63, 3.8) is 0 Å². The number of H-pyrrole nitrogens is 1. The van der Waals surface area contributed by atoms with Crippen LogP contribution in [-0.4, -0.2) is 47.2 Å². The maximum absolute atomic E-state index is 13.8. The molecule has 6 rings (SSSR count). The second kappa shape index (κ2) is 8.03. The summed E-state index contributed by atoms with van der Waals surface area (Å²) in [6.45, 7) is 3.34. The predicted molar refractivity (Wildman–Crippen MR) is 128 cm³/mol. The Bertz CT molecular complexity index is 1330. The highest BCUT2D eigenvalue weighted by Gasteiger charge is 2.32. The zero-order chi connectivity index (χ0) is 22.5. The van der Waals surface area contributed by atoms with E-state index in [1.54, 1.807) is 6.07 Å². The molecule has 1 aliphatic heterocycles. The smallest absolute Gasteiger partial charge is 0.171 e. The van der Waals surface area contributed by atoms with Gasteiger partial charge in [-0.2, -0.15) is 0 Å². The number of halogens is 1. The van der Waals surface area contributed by atoms with Crippen LogP contribution in [0.4, 0.5) is 4.39 Å². The number of ether oxygens (including phenoxy) is 2. The molecule has 3 atom stereocenters. The van der Waals surface area contributed by atoms with Crippen LogP contribution in [0.25, 0.3) is 21.8 Å². The molecule has 0 amide bonds. The fourth-order valence-corrected chi connectivity index (χ4v) is 5.53. The van der Waals surface area contributed by atoms with E-state index >= 15 is 0 Å². The standard InChI is InChI=1S/C27H28FN3O2/c1-16-3-7-21-25(30-16)9-10-26-27(21)33-20(15-32-26)14-31(2)19-6-4-17(11-19)23-13-29-24-8-5-18(28)12-22(23)24/h3,5,7-10,12-13,17,19-20,29H,4,6,11,14-15H2,1-2H3/t17-,19+,20-/m0/s1. The number of rotatable bonds is 4. The summed E-state index contributed by atoms with van der Waals surface area (Å²) in [5, 5.41) is 2.01. The predicted octanol–water partition coefficient (Wildman–Crippen LogP) is 5.57. The number of aryl methyl sites for hydroxylation is 1. The van der Waals surface area contributed by atoms with E-state index in [-0.39, 0.29) is 11.9 Å². The molecule has 1 N–H and O–H groups in total. The summed E-state index contributed by atoms with van der Waals surface area (Å²) in [6, 6.07) is 13.5. The van der Waals surface area contributed by atoms with Crippen molar-refractivity contribution in [1.82, 2.24) is 14.9 Å². The molecule has 2 aromatic heterocycles. The maximum Gasteiger partial charge on any atom is 0.171 e. The fraction of sp³-hybridized carbons (Fsp3) is 0.370. The lowest BCUT2D eigenvalue weighted by atomic mass is 9.96. The van der Waals surface area contributed by atoms with Gasteiger partial charge in [-0.1, -0.05) is 0 Å². The Morgan fingerprint density at radius 1 is 1.12 bits per heavy atom. The Morgan fingerprint density at radius 3 is 2.94 bits per heavy atom. The molecule has 0 radical (unpaired) electrons. The Labute approximate surface area is 192 Å². The van der Waals surface area contributed by atoms with E-state index in [9.17, 15) is 4.39 Å². The van der Waals surface area contributed by atoms with Gasteiger partial charge in [0, 0.05) is 40.8 Å². The molecule has 6 heteroatoms. The first-order valence-corrected chi connectivity index (χ1v) is 11.7. The van der Waals surface area contributed by atoms with Gasteiger partial charge in [0.1, 0.15) is 18.5 Å². The second-order valence-electron chi connectivity index (χ2n) is 9.50. The molecular formula is C27H28FN3O2. The molecular weight excluding hydrogens is 417 g/mol. The number of hydrogen-bond acceptors (Lipinski definition) is 4. The summed E-state index contributed by atoms with van der Waals surface area (Å²) in [4.78, 5) is 10.3. The van der Waals surface area contributed by atoms with Crippen molar-refractivity contribution in [2.24, 2.45) is 0 Å². The highest BCUT2D eigenvalue weighted by atomic mass is 19.1. The first-order chi connectivity index (χ1) is 16.0. The van der Waals surface area contributed by atoms with Gasteiger partial charge in [0.2, 0.25) is 0 Å². The molecule has 2 aromatic carbocycles. The monoisotopic (exact) mass is 445 g/mol. The van der Waals surface area contributed by atoms with E-state index < -0.39 is 0 Å². The maximum atomic E-state index is 13.8. The van der Waals surface area contributed by atoms with Gasteiger partial charge in [-0.3, -0.25) is 9.88 Å². The van der Waals surface area contributed by atoms with Crippen LogP contribution in [0.1, 0.15) is 36.4 Å². The third-order valence-electron chi connectivity index (χ3n) is 7.27. The Balaban J connectivity index is 1.15. The van der Waals surface area contributed by atoms with E-state index in [1.807, 2.05) is 31.2 Å².